The van der Waals surface area contributed by atoms with E-state index in [4.69, 9.17) is 21.5 Å². The van der Waals surface area contributed by atoms with Gasteiger partial charge in [0.25, 0.3) is 5.91 Å². The first-order valence-corrected chi connectivity index (χ1v) is 8.51. The number of hydrogen-bond donors (Lipinski definition) is 3. The topological polar surface area (TPSA) is 70.6 Å². The third-order valence-corrected chi connectivity index (χ3v) is 3.98. The van der Waals surface area contributed by atoms with Crippen LogP contribution in [0.2, 0.25) is 5.02 Å². The van der Waals surface area contributed by atoms with Gasteiger partial charge in [-0.3, -0.25) is 9.63 Å². The SMILES string of the molecule is O=C(NOCCCO)c1ccc(F)cc1Nc1ccc(I)cc1Cl. The number of hydroxylamine groups is 1. The summed E-state index contributed by atoms with van der Waals surface area (Å²) in [6.07, 6.45) is 0.396. The summed E-state index contributed by atoms with van der Waals surface area (Å²) in [5.74, 6) is -1.02. The number of benzene rings is 2. The minimum atomic E-state index is -0.530. The smallest absolute Gasteiger partial charge is 0.276 e. The molecule has 0 aliphatic carbocycles. The molecule has 2 aromatic rings. The molecule has 0 unspecified atom stereocenters. The van der Waals surface area contributed by atoms with Gasteiger partial charge in [-0.05, 0) is 65.4 Å². The van der Waals surface area contributed by atoms with E-state index in [-0.39, 0.29) is 24.5 Å². The lowest BCUT2D eigenvalue weighted by Crippen LogP contribution is -2.25. The molecule has 0 aliphatic heterocycles. The fourth-order valence-electron chi connectivity index (χ4n) is 1.86. The predicted octanol–water partition coefficient (Wildman–Crippen LogP) is 3.87. The second-order valence-electron chi connectivity index (χ2n) is 4.80. The summed E-state index contributed by atoms with van der Waals surface area (Å²) < 4.78 is 14.5. The highest BCUT2D eigenvalue weighted by Crippen LogP contribution is 2.29. The van der Waals surface area contributed by atoms with Crippen molar-refractivity contribution in [3.8, 4) is 0 Å². The van der Waals surface area contributed by atoms with Gasteiger partial charge in [0.05, 0.1) is 28.6 Å². The molecule has 2 rings (SSSR count). The van der Waals surface area contributed by atoms with E-state index in [0.717, 1.165) is 3.57 Å². The van der Waals surface area contributed by atoms with Crippen LogP contribution in [-0.2, 0) is 4.84 Å². The largest absolute Gasteiger partial charge is 0.396 e. The van der Waals surface area contributed by atoms with Crippen LogP contribution >= 0.6 is 34.2 Å². The molecule has 2 aromatic carbocycles. The second kappa shape index (κ2) is 9.16. The molecule has 0 aliphatic rings. The molecule has 3 N–H and O–H groups in total. The van der Waals surface area contributed by atoms with E-state index < -0.39 is 11.7 Å². The maximum Gasteiger partial charge on any atom is 0.276 e. The molecule has 24 heavy (non-hydrogen) atoms. The molecular weight excluding hydrogens is 450 g/mol. The van der Waals surface area contributed by atoms with Crippen molar-refractivity contribution in [1.82, 2.24) is 5.48 Å². The molecular formula is C16H15ClFIN2O3. The highest BCUT2D eigenvalue weighted by atomic mass is 127. The number of carbonyl (C=O) groups is 1. The lowest BCUT2D eigenvalue weighted by Gasteiger charge is -2.13. The number of carbonyl (C=O) groups excluding carboxylic acids is 1. The Bertz CT molecular complexity index is 730. The first kappa shape index (κ1) is 18.9. The molecule has 0 fully saturated rings. The van der Waals surface area contributed by atoms with E-state index in [0.29, 0.717) is 17.1 Å². The van der Waals surface area contributed by atoms with E-state index in [1.165, 1.54) is 18.2 Å². The fourth-order valence-corrected chi connectivity index (χ4v) is 2.77. The normalized spacial score (nSPS) is 10.5. The molecule has 0 aromatic heterocycles. The number of aliphatic hydroxyl groups excluding tert-OH is 1. The van der Waals surface area contributed by atoms with Crippen molar-refractivity contribution in [1.29, 1.82) is 0 Å². The monoisotopic (exact) mass is 464 g/mol. The van der Waals surface area contributed by atoms with Crippen LogP contribution in [0.3, 0.4) is 0 Å². The van der Waals surface area contributed by atoms with Gasteiger partial charge in [0, 0.05) is 10.2 Å². The van der Waals surface area contributed by atoms with Crippen molar-refractivity contribution in [2.24, 2.45) is 0 Å². The van der Waals surface area contributed by atoms with Crippen molar-refractivity contribution in [2.75, 3.05) is 18.5 Å². The van der Waals surface area contributed by atoms with Gasteiger partial charge in [-0.1, -0.05) is 11.6 Å². The van der Waals surface area contributed by atoms with Crippen LogP contribution in [0.25, 0.3) is 0 Å². The van der Waals surface area contributed by atoms with Crippen molar-refractivity contribution >= 4 is 51.5 Å². The summed E-state index contributed by atoms with van der Waals surface area (Å²) in [5.41, 5.74) is 3.28. The number of aliphatic hydroxyl groups is 1. The van der Waals surface area contributed by atoms with Crippen LogP contribution < -0.4 is 10.8 Å². The van der Waals surface area contributed by atoms with Gasteiger partial charge in [0.2, 0.25) is 0 Å². The van der Waals surface area contributed by atoms with E-state index in [1.54, 1.807) is 12.1 Å². The van der Waals surface area contributed by atoms with E-state index >= 15 is 0 Å². The van der Waals surface area contributed by atoms with Crippen molar-refractivity contribution in [3.05, 3.63) is 56.4 Å². The van der Waals surface area contributed by atoms with Crippen LogP contribution in [0.1, 0.15) is 16.8 Å². The number of nitrogens with one attached hydrogen (secondary N) is 2. The van der Waals surface area contributed by atoms with Crippen molar-refractivity contribution < 1.29 is 19.1 Å². The number of halogens is 3. The first-order chi connectivity index (χ1) is 11.5. The number of rotatable bonds is 7. The van der Waals surface area contributed by atoms with E-state index in [1.807, 2.05) is 6.07 Å². The van der Waals surface area contributed by atoms with Gasteiger partial charge >= 0.3 is 0 Å². The zero-order chi connectivity index (χ0) is 17.5. The van der Waals surface area contributed by atoms with Crippen LogP contribution in [0.4, 0.5) is 15.8 Å². The Balaban J connectivity index is 2.19. The number of anilines is 2. The first-order valence-electron chi connectivity index (χ1n) is 7.06. The third kappa shape index (κ3) is 5.30. The minimum absolute atomic E-state index is 0.0372. The summed E-state index contributed by atoms with van der Waals surface area (Å²) in [6, 6.07) is 9.07. The highest BCUT2D eigenvalue weighted by molar-refractivity contribution is 14.1. The van der Waals surface area contributed by atoms with Crippen molar-refractivity contribution in [3.63, 3.8) is 0 Å². The van der Waals surface area contributed by atoms with Gasteiger partial charge in [-0.25, -0.2) is 9.87 Å². The Kier molecular flexibility index (Phi) is 7.22. The molecule has 5 nitrogen and oxygen atoms in total. The summed E-state index contributed by atoms with van der Waals surface area (Å²) in [6.45, 7) is 0.139. The summed E-state index contributed by atoms with van der Waals surface area (Å²) in [5, 5.41) is 12.1. The third-order valence-electron chi connectivity index (χ3n) is 3.00. The van der Waals surface area contributed by atoms with Crippen LogP contribution in [0, 0.1) is 9.39 Å². The van der Waals surface area contributed by atoms with Crippen LogP contribution in [0.5, 0.6) is 0 Å². The molecule has 0 saturated carbocycles. The van der Waals surface area contributed by atoms with Crippen LogP contribution in [0.15, 0.2) is 36.4 Å². The number of amides is 1. The Labute approximate surface area is 157 Å². The minimum Gasteiger partial charge on any atom is -0.396 e. The summed E-state index contributed by atoms with van der Waals surface area (Å²) >= 11 is 8.29. The molecule has 0 heterocycles. The van der Waals surface area contributed by atoms with Gasteiger partial charge < -0.3 is 10.4 Å². The average Bonchev–Trinajstić information content (AvgIpc) is 2.54. The predicted molar refractivity (Wildman–Crippen MR) is 99.0 cm³/mol. The zero-order valence-corrected chi connectivity index (χ0v) is 15.4. The molecule has 0 saturated heterocycles. The quantitative estimate of drug-likeness (QED) is 0.331. The number of hydrogen-bond acceptors (Lipinski definition) is 4. The standard InChI is InChI=1S/C16H15ClFIN2O3/c17-13-9-11(19)3-5-14(13)20-15-8-10(18)2-4-12(15)16(23)21-24-7-1-6-22/h2-5,8-9,20,22H,1,6-7H2,(H,21,23). The Morgan fingerprint density at radius 1 is 1.25 bits per heavy atom. The Hall–Kier alpha value is -1.42. The lowest BCUT2D eigenvalue weighted by molar-refractivity contribution is 0.0262. The summed E-state index contributed by atoms with van der Waals surface area (Å²) in [7, 11) is 0. The molecule has 0 bridgehead atoms. The Morgan fingerprint density at radius 3 is 2.75 bits per heavy atom. The Morgan fingerprint density at radius 2 is 2.04 bits per heavy atom. The zero-order valence-electron chi connectivity index (χ0n) is 12.5. The molecule has 128 valence electrons. The van der Waals surface area contributed by atoms with Gasteiger partial charge in [0.1, 0.15) is 5.82 Å². The maximum atomic E-state index is 13.6. The molecule has 0 atom stereocenters. The maximum absolute atomic E-state index is 13.6. The van der Waals surface area contributed by atoms with Crippen LogP contribution in [-0.4, -0.2) is 24.2 Å². The van der Waals surface area contributed by atoms with Gasteiger partial charge in [0.15, 0.2) is 0 Å². The second-order valence-corrected chi connectivity index (χ2v) is 6.45. The van der Waals surface area contributed by atoms with Gasteiger partial charge in [-0.15, -0.1) is 0 Å². The van der Waals surface area contributed by atoms with Gasteiger partial charge in [-0.2, -0.15) is 0 Å². The van der Waals surface area contributed by atoms with Crippen molar-refractivity contribution in [2.45, 2.75) is 6.42 Å². The molecule has 8 heteroatoms. The van der Waals surface area contributed by atoms with E-state index in [2.05, 4.69) is 33.4 Å². The molecule has 0 radical (unpaired) electrons. The summed E-state index contributed by atoms with van der Waals surface area (Å²) in [4.78, 5) is 17.1. The average molecular weight is 465 g/mol. The lowest BCUT2D eigenvalue weighted by atomic mass is 10.1. The molecule has 0 spiro atoms. The fraction of sp³-hybridized carbons (Fsp3) is 0.188. The highest BCUT2D eigenvalue weighted by Gasteiger charge is 2.14. The van der Waals surface area contributed by atoms with E-state index in [9.17, 15) is 9.18 Å². The molecule has 1 amide bonds.